The van der Waals surface area contributed by atoms with Gasteiger partial charge in [-0.25, -0.2) is 0 Å². The number of thiocarbonyl (C=S) groups is 1. The maximum Gasteiger partial charge on any atom is 0.244 e. The molecule has 1 saturated heterocycles. The van der Waals surface area contributed by atoms with Crippen LogP contribution in [0.5, 0.6) is 0 Å². The number of carbonyl (C=O) groups excluding carboxylic acids is 1. The van der Waals surface area contributed by atoms with E-state index < -0.39 is 0 Å². The molecule has 19 heavy (non-hydrogen) atoms. The summed E-state index contributed by atoms with van der Waals surface area (Å²) in [5.41, 5.74) is 0. The maximum atomic E-state index is 12.2. The number of likely N-dealkylation sites (tertiary alicyclic amines) is 1. The lowest BCUT2D eigenvalue weighted by Gasteiger charge is -2.30. The summed E-state index contributed by atoms with van der Waals surface area (Å²) in [6.07, 6.45) is 8.44. The van der Waals surface area contributed by atoms with Gasteiger partial charge in [-0.2, -0.15) is 0 Å². The average molecular weight is 283 g/mol. The second-order valence-corrected chi connectivity index (χ2v) is 6.12. The quantitative estimate of drug-likeness (QED) is 0.775. The number of nitrogens with zero attached hydrogens (tertiary/aromatic N) is 1. The first-order valence-electron chi connectivity index (χ1n) is 7.52. The van der Waals surface area contributed by atoms with Crippen LogP contribution < -0.4 is 10.6 Å². The molecule has 0 aromatic heterocycles. The van der Waals surface area contributed by atoms with E-state index in [0.29, 0.717) is 11.2 Å². The lowest BCUT2D eigenvalue weighted by Crippen LogP contribution is -2.52. The van der Waals surface area contributed by atoms with Crippen LogP contribution in [0, 0.1) is 0 Å². The lowest BCUT2D eigenvalue weighted by molar-refractivity contribution is -0.133. The number of carbonyl (C=O) groups is 1. The first-order chi connectivity index (χ1) is 9.16. The first-order valence-corrected chi connectivity index (χ1v) is 7.93. The van der Waals surface area contributed by atoms with Crippen molar-refractivity contribution in [1.82, 2.24) is 15.5 Å². The van der Waals surface area contributed by atoms with E-state index in [-0.39, 0.29) is 11.9 Å². The third kappa shape index (κ3) is 4.34. The largest absolute Gasteiger partial charge is 0.360 e. The fourth-order valence-corrected chi connectivity index (χ4v) is 3.29. The van der Waals surface area contributed by atoms with Gasteiger partial charge in [0.25, 0.3) is 0 Å². The molecule has 0 bridgehead atoms. The second-order valence-electron chi connectivity index (χ2n) is 5.71. The zero-order valence-corrected chi connectivity index (χ0v) is 12.6. The number of hydrogen-bond donors (Lipinski definition) is 2. The summed E-state index contributed by atoms with van der Waals surface area (Å²) in [7, 11) is 0. The van der Waals surface area contributed by atoms with E-state index in [0.717, 1.165) is 25.9 Å². The average Bonchev–Trinajstić information content (AvgIpc) is 2.91. The maximum absolute atomic E-state index is 12.2. The van der Waals surface area contributed by atoms with Crippen LogP contribution in [0.1, 0.15) is 51.9 Å². The molecule has 1 heterocycles. The predicted molar refractivity (Wildman–Crippen MR) is 81.0 cm³/mol. The van der Waals surface area contributed by atoms with Crippen LogP contribution in [0.2, 0.25) is 0 Å². The Bertz CT molecular complexity index is 323. The minimum Gasteiger partial charge on any atom is -0.360 e. The fraction of sp³-hybridized carbons (Fsp3) is 0.857. The van der Waals surface area contributed by atoms with Gasteiger partial charge in [0, 0.05) is 19.1 Å². The van der Waals surface area contributed by atoms with Gasteiger partial charge in [-0.1, -0.05) is 12.8 Å². The van der Waals surface area contributed by atoms with E-state index in [2.05, 4.69) is 10.6 Å². The molecular formula is C14H25N3OS. The number of rotatable bonds is 3. The minimum absolute atomic E-state index is 0.176. The van der Waals surface area contributed by atoms with E-state index in [4.69, 9.17) is 12.2 Å². The SMILES string of the molecule is CC(NC(=S)NC1CCCC1)C(=O)N1CCCCC1. The van der Waals surface area contributed by atoms with Crippen molar-refractivity contribution < 1.29 is 4.79 Å². The summed E-state index contributed by atoms with van der Waals surface area (Å²) >= 11 is 5.29. The van der Waals surface area contributed by atoms with Crippen molar-refractivity contribution in [3.8, 4) is 0 Å². The molecule has 1 unspecified atom stereocenters. The highest BCUT2D eigenvalue weighted by Gasteiger charge is 2.23. The molecular weight excluding hydrogens is 258 g/mol. The molecule has 108 valence electrons. The Morgan fingerprint density at radius 1 is 1.16 bits per heavy atom. The molecule has 1 aliphatic carbocycles. The highest BCUT2D eigenvalue weighted by molar-refractivity contribution is 7.80. The molecule has 1 aliphatic heterocycles. The van der Waals surface area contributed by atoms with Crippen LogP contribution >= 0.6 is 12.2 Å². The Morgan fingerprint density at radius 3 is 2.42 bits per heavy atom. The number of amides is 1. The molecule has 0 aromatic carbocycles. The molecule has 0 aromatic rings. The molecule has 5 heteroatoms. The van der Waals surface area contributed by atoms with Crippen molar-refractivity contribution >= 4 is 23.2 Å². The van der Waals surface area contributed by atoms with Gasteiger partial charge in [0.1, 0.15) is 6.04 Å². The molecule has 2 rings (SSSR count). The van der Waals surface area contributed by atoms with Crippen LogP contribution in [-0.2, 0) is 4.79 Å². The van der Waals surface area contributed by atoms with Crippen LogP contribution in [0.15, 0.2) is 0 Å². The molecule has 2 N–H and O–H groups in total. The van der Waals surface area contributed by atoms with E-state index in [9.17, 15) is 4.79 Å². The first kappa shape index (κ1) is 14.6. The zero-order valence-electron chi connectivity index (χ0n) is 11.8. The summed E-state index contributed by atoms with van der Waals surface area (Å²) in [6, 6.07) is 0.275. The third-order valence-corrected chi connectivity index (χ3v) is 4.31. The topological polar surface area (TPSA) is 44.4 Å². The number of hydrogen-bond acceptors (Lipinski definition) is 2. The fourth-order valence-electron chi connectivity index (χ4n) is 2.94. The van der Waals surface area contributed by atoms with E-state index >= 15 is 0 Å². The summed E-state index contributed by atoms with van der Waals surface area (Å²) in [6.45, 7) is 3.70. The van der Waals surface area contributed by atoms with Gasteiger partial charge in [0.15, 0.2) is 5.11 Å². The molecule has 2 fully saturated rings. The Kier molecular flexibility index (Phi) is 5.43. The molecule has 4 nitrogen and oxygen atoms in total. The van der Waals surface area contributed by atoms with Crippen molar-refractivity contribution in [3.63, 3.8) is 0 Å². The van der Waals surface area contributed by atoms with Crippen LogP contribution in [0.4, 0.5) is 0 Å². The van der Waals surface area contributed by atoms with E-state index in [1.807, 2.05) is 11.8 Å². The van der Waals surface area contributed by atoms with Crippen LogP contribution in [0.25, 0.3) is 0 Å². The van der Waals surface area contributed by atoms with Gasteiger partial charge in [-0.15, -0.1) is 0 Å². The highest BCUT2D eigenvalue weighted by Crippen LogP contribution is 2.17. The molecule has 1 saturated carbocycles. The lowest BCUT2D eigenvalue weighted by atomic mass is 10.1. The normalized spacial score (nSPS) is 22.1. The Labute approximate surface area is 121 Å². The third-order valence-electron chi connectivity index (χ3n) is 4.08. The van der Waals surface area contributed by atoms with Crippen molar-refractivity contribution in [2.45, 2.75) is 64.0 Å². The van der Waals surface area contributed by atoms with Crippen molar-refractivity contribution in [1.29, 1.82) is 0 Å². The number of piperidine rings is 1. The summed E-state index contributed by atoms with van der Waals surface area (Å²) in [4.78, 5) is 14.2. The Hall–Kier alpha value is -0.840. The van der Waals surface area contributed by atoms with Crippen molar-refractivity contribution in [2.75, 3.05) is 13.1 Å². The van der Waals surface area contributed by atoms with Gasteiger partial charge in [0.05, 0.1) is 0 Å². The van der Waals surface area contributed by atoms with Gasteiger partial charge in [-0.3, -0.25) is 4.79 Å². The number of nitrogens with one attached hydrogen (secondary N) is 2. The van der Waals surface area contributed by atoms with Crippen LogP contribution in [0.3, 0.4) is 0 Å². The minimum atomic E-state index is -0.223. The second kappa shape index (κ2) is 7.08. The van der Waals surface area contributed by atoms with Gasteiger partial charge in [0.2, 0.25) is 5.91 Å². The highest BCUT2D eigenvalue weighted by atomic mass is 32.1. The van der Waals surface area contributed by atoms with Gasteiger partial charge >= 0.3 is 0 Å². The molecule has 1 atom stereocenters. The monoisotopic (exact) mass is 283 g/mol. The van der Waals surface area contributed by atoms with Gasteiger partial charge < -0.3 is 15.5 Å². The van der Waals surface area contributed by atoms with E-state index in [1.165, 1.54) is 32.1 Å². The summed E-state index contributed by atoms with van der Waals surface area (Å²) < 4.78 is 0. The zero-order chi connectivity index (χ0) is 13.7. The molecule has 2 aliphatic rings. The smallest absolute Gasteiger partial charge is 0.244 e. The Balaban J connectivity index is 1.73. The Morgan fingerprint density at radius 2 is 1.79 bits per heavy atom. The standard InChI is InChI=1S/C14H25N3OS/c1-11(13(18)17-9-5-2-6-10-17)15-14(19)16-12-7-3-4-8-12/h11-12H,2-10H2,1H3,(H2,15,16,19). The summed E-state index contributed by atoms with van der Waals surface area (Å²) in [5, 5.41) is 7.08. The van der Waals surface area contributed by atoms with E-state index in [1.54, 1.807) is 0 Å². The van der Waals surface area contributed by atoms with Gasteiger partial charge in [-0.05, 0) is 51.2 Å². The predicted octanol–water partition coefficient (Wildman–Crippen LogP) is 1.79. The molecule has 0 radical (unpaired) electrons. The van der Waals surface area contributed by atoms with Crippen molar-refractivity contribution in [2.24, 2.45) is 0 Å². The van der Waals surface area contributed by atoms with Crippen molar-refractivity contribution in [3.05, 3.63) is 0 Å². The van der Waals surface area contributed by atoms with Crippen LogP contribution in [-0.4, -0.2) is 41.1 Å². The molecule has 0 spiro atoms. The molecule has 1 amide bonds. The summed E-state index contributed by atoms with van der Waals surface area (Å²) in [5.74, 6) is 0.176.